The van der Waals surface area contributed by atoms with Crippen molar-refractivity contribution in [2.45, 2.75) is 217 Å². The molecule has 14 fully saturated rings. The average molecular weight is 992 g/mol. The molecule has 2 saturated heterocycles. The van der Waals surface area contributed by atoms with E-state index < -0.39 is 16.8 Å². The summed E-state index contributed by atoms with van der Waals surface area (Å²) in [6, 6.07) is 0. The number of rotatable bonds is 9. The molecule has 2 aliphatic heterocycles. The number of halogens is 1. The minimum Gasteiger partial charge on any atom is -1.00 e. The van der Waals surface area contributed by atoms with Crippen molar-refractivity contribution >= 4 is 17.4 Å². The molecule has 0 spiro atoms. The van der Waals surface area contributed by atoms with Gasteiger partial charge in [0.25, 0.3) is 0 Å². The summed E-state index contributed by atoms with van der Waals surface area (Å²) >= 11 is 5.50. The molecule has 10 nitrogen and oxygen atoms in total. The zero-order valence-corrected chi connectivity index (χ0v) is 44.6. The van der Waals surface area contributed by atoms with Gasteiger partial charge in [0, 0.05) is 49.9 Å². The Labute approximate surface area is 438 Å². The summed E-state index contributed by atoms with van der Waals surface area (Å²) in [5.41, 5.74) is -2.08. The van der Waals surface area contributed by atoms with Gasteiger partial charge in [-0.2, -0.15) is 0 Å². The normalized spacial score (nSPS) is 57.5. The quantitative estimate of drug-likeness (QED) is 0.101. The number of aliphatic hydroxyl groups excluding tert-OH is 2. The van der Waals surface area contributed by atoms with Crippen molar-refractivity contribution in [2.75, 3.05) is 32.3 Å². The minimum atomic E-state index is -0.680. The van der Waals surface area contributed by atoms with Crippen LogP contribution < -0.4 is 18.9 Å². The van der Waals surface area contributed by atoms with Gasteiger partial charge in [0.2, 0.25) is 0 Å². The molecule has 12 heteroatoms. The Morgan fingerprint density at radius 3 is 1.66 bits per heavy atom. The van der Waals surface area contributed by atoms with E-state index in [0.717, 1.165) is 129 Å². The fourth-order valence-electron chi connectivity index (χ4n) is 21.1. The third kappa shape index (κ3) is 7.84. The van der Waals surface area contributed by atoms with Crippen LogP contribution >= 0.6 is 11.6 Å². The Bertz CT molecular complexity index is 1940. The summed E-state index contributed by atoms with van der Waals surface area (Å²) in [7, 11) is 0. The smallest absolute Gasteiger partial charge is 1.00 e. The van der Waals surface area contributed by atoms with Crippen LogP contribution in [-0.2, 0) is 23.7 Å². The first-order chi connectivity index (χ1) is 33.0. The first kappa shape index (κ1) is 52.3. The summed E-state index contributed by atoms with van der Waals surface area (Å²) in [5, 5.41) is 56.6. The van der Waals surface area contributed by atoms with Crippen molar-refractivity contribution in [1.29, 1.82) is 0 Å². The van der Waals surface area contributed by atoms with Crippen molar-refractivity contribution in [3.05, 3.63) is 0 Å². The fraction of sp³-hybridized carbons (Fsp3) is 0.983. The standard InChI is InChI=1S/C29H46O5.C21H30O3.C8H15ClO2.Li.H/c1-26-10-7-17(30)16-29(26,32)21-14-18(21)24-20(26)8-11-27(2)25(24)19-15-22(19)28(27,31)9-5-13-34-23-6-3-4-12-33-23;1-19-5-4-14-16(17(19)11-7-12(11)18(19)23)13-8-15(13)21(24)9-10(22)3-6-20(14,21)2;9-5-3-7-11-8-4-1-2-6-10-8;;/h17-25,30-32H,3-16H2,1-2H3;10-17,22,24H,3-9H2,1-2H3;8H,1-7H2;;/q;;;+1;-1/t17-,18-,19+,20?,21+,22-,23?,24?,25?,26+,27-,28-,29+;10-,11+,12-,13-,14?,15+,16?,17?,19-,20+,21+;;;/m00.../s1. The van der Waals surface area contributed by atoms with E-state index in [1.165, 1.54) is 25.7 Å². The van der Waals surface area contributed by atoms with E-state index in [1.807, 2.05) is 0 Å². The summed E-state index contributed by atoms with van der Waals surface area (Å²) < 4.78 is 22.5. The number of ketones is 1. The molecule has 70 heavy (non-hydrogen) atoms. The number of ether oxygens (including phenoxy) is 4. The molecule has 8 unspecified atom stereocenters. The average Bonchev–Trinajstić information content (AvgIpc) is 4.14. The Morgan fingerprint density at radius 2 is 1.11 bits per heavy atom. The molecule has 0 amide bonds. The van der Waals surface area contributed by atoms with Crippen molar-refractivity contribution in [3.8, 4) is 0 Å². The zero-order chi connectivity index (χ0) is 48.1. The van der Waals surface area contributed by atoms with Crippen LogP contribution in [-0.4, -0.2) is 105 Å². The van der Waals surface area contributed by atoms with Gasteiger partial charge in [-0.1, -0.05) is 27.7 Å². The van der Waals surface area contributed by atoms with Crippen LogP contribution in [0.4, 0.5) is 0 Å². The monoisotopic (exact) mass is 991 g/mol. The molecular formula is C58H92ClLiO10. The molecule has 25 atom stereocenters. The number of carbonyl (C=O) groups excluding carboxylic acids is 1. The van der Waals surface area contributed by atoms with Crippen molar-refractivity contribution in [3.63, 3.8) is 0 Å². The van der Waals surface area contributed by atoms with Gasteiger partial charge in [-0.15, -0.1) is 11.6 Å². The van der Waals surface area contributed by atoms with Gasteiger partial charge in [0.05, 0.1) is 35.6 Å². The minimum absolute atomic E-state index is 0. The number of carbonyl (C=O) groups is 1. The summed E-state index contributed by atoms with van der Waals surface area (Å²) in [6.07, 6.45) is 22.6. The maximum absolute atomic E-state index is 12.9. The number of hydrogen-bond acceptors (Lipinski definition) is 10. The second-order valence-electron chi connectivity index (χ2n) is 27.6. The second-order valence-corrected chi connectivity index (χ2v) is 28.0. The van der Waals surface area contributed by atoms with E-state index in [-0.39, 0.29) is 66.7 Å². The molecule has 0 aromatic rings. The number of fused-ring (bicyclic) bond motifs is 20. The van der Waals surface area contributed by atoms with Crippen LogP contribution in [0.5, 0.6) is 0 Å². The molecule has 14 rings (SSSR count). The molecule has 0 bridgehead atoms. The number of alkyl halides is 1. The first-order valence-electron chi connectivity index (χ1n) is 29.1. The van der Waals surface area contributed by atoms with Gasteiger partial charge in [-0.25, -0.2) is 0 Å². The fourth-order valence-corrected chi connectivity index (χ4v) is 21.2. The van der Waals surface area contributed by atoms with Gasteiger partial charge < -0.3 is 45.9 Å². The molecule has 0 aromatic carbocycles. The van der Waals surface area contributed by atoms with Crippen LogP contribution in [0.3, 0.4) is 0 Å². The van der Waals surface area contributed by atoms with E-state index in [2.05, 4.69) is 27.7 Å². The molecule has 14 aliphatic rings. The Morgan fingerprint density at radius 1 is 0.600 bits per heavy atom. The van der Waals surface area contributed by atoms with E-state index >= 15 is 0 Å². The first-order valence-corrected chi connectivity index (χ1v) is 29.6. The van der Waals surface area contributed by atoms with Crippen LogP contribution in [0.15, 0.2) is 0 Å². The zero-order valence-electron chi connectivity index (χ0n) is 44.8. The molecular weight excluding hydrogens is 899 g/mol. The predicted molar refractivity (Wildman–Crippen MR) is 263 cm³/mol. The molecule has 0 aromatic heterocycles. The third-order valence-corrected chi connectivity index (χ3v) is 25.0. The predicted octanol–water partition coefficient (Wildman–Crippen LogP) is 6.33. The summed E-state index contributed by atoms with van der Waals surface area (Å²) in [4.78, 5) is 12.9. The number of hydrogen-bond donors (Lipinski definition) is 5. The molecule has 2 heterocycles. The SMILES string of the molecule is C[C@]12CCC3C(C1[C@@H]1C[C@@H]1C2=O)[C@H]1C[C@H]1[C@]1(O)C[C@@H](O)CC[C@]31C.C[C@]12CCC3C(C1[C@@H]1C[C@@H]1[C@@]2(O)CCCOC1CCCCO1)[C@H]1C[C@H]1[C@]1(O)C[C@@H](O)CC[C@]31C.ClCCCOC1CCCCO1.[H-].[Li+]. The molecule has 12 aliphatic carbocycles. The van der Waals surface area contributed by atoms with Crippen LogP contribution in [0.2, 0.25) is 0 Å². The number of Topliss-reactive ketones (excluding diaryl/α,β-unsaturated/α-hetero) is 1. The molecule has 12 saturated carbocycles. The van der Waals surface area contributed by atoms with Crippen LogP contribution in [0, 0.1) is 105 Å². The van der Waals surface area contributed by atoms with Gasteiger partial charge in [0.1, 0.15) is 5.78 Å². The topological polar surface area (TPSA) is 155 Å². The third-order valence-electron chi connectivity index (χ3n) is 24.7. The largest absolute Gasteiger partial charge is 1.00 e. The Kier molecular flexibility index (Phi) is 14.0. The van der Waals surface area contributed by atoms with Gasteiger partial charge in [-0.05, 0) is 228 Å². The summed E-state index contributed by atoms with van der Waals surface area (Å²) in [5.74, 6) is 9.04. The van der Waals surface area contributed by atoms with Crippen molar-refractivity contribution < 1.29 is 69.6 Å². The maximum atomic E-state index is 12.9. The van der Waals surface area contributed by atoms with E-state index in [4.69, 9.17) is 30.5 Å². The van der Waals surface area contributed by atoms with Crippen molar-refractivity contribution in [2.24, 2.45) is 105 Å². The Hall–Kier alpha value is 0.197. The molecule has 5 N–H and O–H groups in total. The van der Waals surface area contributed by atoms with Crippen molar-refractivity contribution in [1.82, 2.24) is 0 Å². The van der Waals surface area contributed by atoms with Crippen LogP contribution in [0.25, 0.3) is 0 Å². The van der Waals surface area contributed by atoms with Crippen LogP contribution in [0.1, 0.15) is 177 Å². The van der Waals surface area contributed by atoms with Gasteiger partial charge in [0.15, 0.2) is 12.6 Å². The maximum Gasteiger partial charge on any atom is 1.00 e. The molecule has 0 radical (unpaired) electrons. The second kappa shape index (κ2) is 18.7. The van der Waals surface area contributed by atoms with Gasteiger partial charge in [-0.3, -0.25) is 4.79 Å². The van der Waals surface area contributed by atoms with Gasteiger partial charge >= 0.3 is 18.9 Å². The summed E-state index contributed by atoms with van der Waals surface area (Å²) in [6.45, 7) is 12.5. The Balaban J connectivity index is 0.000000137. The van der Waals surface area contributed by atoms with E-state index in [1.54, 1.807) is 0 Å². The van der Waals surface area contributed by atoms with E-state index in [9.17, 15) is 30.3 Å². The van der Waals surface area contributed by atoms with E-state index in [0.29, 0.717) is 114 Å². The molecule has 392 valence electrons. The number of aliphatic hydroxyl groups is 5.